The Hall–Kier alpha value is -2.58. The fraction of sp³-hybridized carbons (Fsp3) is 0.381. The molecule has 0 aliphatic carbocycles. The lowest BCUT2D eigenvalue weighted by atomic mass is 10.1. The molecule has 158 valence electrons. The van der Waals surface area contributed by atoms with E-state index in [1.54, 1.807) is 39.2 Å². The molecule has 2 rings (SSSR count). The van der Waals surface area contributed by atoms with Crippen molar-refractivity contribution in [1.82, 2.24) is 9.62 Å². The summed E-state index contributed by atoms with van der Waals surface area (Å²) in [6.07, 6.45) is 0. The molecular weight excluding hydrogens is 392 g/mol. The number of likely N-dealkylation sites (N-methyl/N-ethyl adjacent to an activating group) is 1. The van der Waals surface area contributed by atoms with Gasteiger partial charge in [-0.3, -0.25) is 4.79 Å². The van der Waals surface area contributed by atoms with Gasteiger partial charge < -0.3 is 14.8 Å². The van der Waals surface area contributed by atoms with Crippen molar-refractivity contribution in [2.24, 2.45) is 0 Å². The number of carbonyl (C=O) groups is 1. The van der Waals surface area contributed by atoms with Gasteiger partial charge in [-0.05, 0) is 49.2 Å². The van der Waals surface area contributed by atoms with Crippen LogP contribution in [0.3, 0.4) is 0 Å². The normalized spacial score (nSPS) is 12.5. The molecule has 0 unspecified atom stereocenters. The number of benzene rings is 2. The molecule has 0 saturated heterocycles. The molecule has 2 aromatic carbocycles. The Morgan fingerprint density at radius 1 is 1.10 bits per heavy atom. The molecule has 8 heteroatoms. The highest BCUT2D eigenvalue weighted by Crippen LogP contribution is 2.27. The highest BCUT2D eigenvalue weighted by molar-refractivity contribution is 7.89. The van der Waals surface area contributed by atoms with Crippen molar-refractivity contribution >= 4 is 15.9 Å². The Kier molecular flexibility index (Phi) is 7.64. The average Bonchev–Trinajstić information content (AvgIpc) is 2.71. The quantitative estimate of drug-likeness (QED) is 0.674. The molecule has 1 N–H and O–H groups in total. The summed E-state index contributed by atoms with van der Waals surface area (Å²) in [4.78, 5) is 12.6. The number of amides is 1. The van der Waals surface area contributed by atoms with E-state index in [1.807, 2.05) is 31.2 Å². The second kappa shape index (κ2) is 9.76. The maximum atomic E-state index is 13.1. The zero-order valence-corrected chi connectivity index (χ0v) is 18.2. The largest absolute Gasteiger partial charge is 0.497 e. The molecule has 0 aliphatic heterocycles. The summed E-state index contributed by atoms with van der Waals surface area (Å²) in [7, 11) is -0.884. The molecule has 0 bridgehead atoms. The fourth-order valence-electron chi connectivity index (χ4n) is 2.91. The first kappa shape index (κ1) is 22.7. The zero-order valence-electron chi connectivity index (χ0n) is 17.4. The number of hydrogen-bond donors (Lipinski definition) is 1. The Morgan fingerprint density at radius 2 is 1.76 bits per heavy atom. The topological polar surface area (TPSA) is 84.9 Å². The molecule has 29 heavy (non-hydrogen) atoms. The summed E-state index contributed by atoms with van der Waals surface area (Å²) in [5.74, 6) is 0.592. The SMILES string of the molecule is CCN(CC(=O)N[C@H](C)c1ccc(OC)cc1)S(=O)(=O)c1cc(C)ccc1OC. The number of hydrogen-bond acceptors (Lipinski definition) is 5. The highest BCUT2D eigenvalue weighted by Gasteiger charge is 2.28. The first-order chi connectivity index (χ1) is 13.7. The van der Waals surface area contributed by atoms with Gasteiger partial charge in [0.1, 0.15) is 16.4 Å². The molecule has 1 atom stereocenters. The van der Waals surface area contributed by atoms with Gasteiger partial charge in [0.2, 0.25) is 15.9 Å². The van der Waals surface area contributed by atoms with Crippen molar-refractivity contribution in [3.63, 3.8) is 0 Å². The van der Waals surface area contributed by atoms with Crippen molar-refractivity contribution < 1.29 is 22.7 Å². The number of nitrogens with zero attached hydrogens (tertiary/aromatic N) is 1. The molecule has 0 aromatic heterocycles. The van der Waals surface area contributed by atoms with Gasteiger partial charge in [-0.25, -0.2) is 8.42 Å². The summed E-state index contributed by atoms with van der Waals surface area (Å²) >= 11 is 0. The van der Waals surface area contributed by atoms with Crippen molar-refractivity contribution in [2.45, 2.75) is 31.7 Å². The minimum atomic E-state index is -3.89. The number of rotatable bonds is 9. The average molecular weight is 421 g/mol. The van der Waals surface area contributed by atoms with Crippen LogP contribution in [0.2, 0.25) is 0 Å². The highest BCUT2D eigenvalue weighted by atomic mass is 32.2. The van der Waals surface area contributed by atoms with Crippen LogP contribution in [0, 0.1) is 6.92 Å². The van der Waals surface area contributed by atoms with Crippen LogP contribution >= 0.6 is 0 Å². The molecule has 0 heterocycles. The van der Waals surface area contributed by atoms with E-state index in [0.29, 0.717) is 0 Å². The van der Waals surface area contributed by atoms with Crippen LogP contribution in [0.25, 0.3) is 0 Å². The summed E-state index contributed by atoms with van der Waals surface area (Å²) in [5, 5.41) is 2.84. The number of nitrogens with one attached hydrogen (secondary N) is 1. The minimum Gasteiger partial charge on any atom is -0.497 e. The second-order valence-corrected chi connectivity index (χ2v) is 8.55. The van der Waals surface area contributed by atoms with Gasteiger partial charge in [-0.2, -0.15) is 4.31 Å². The Labute approximate surface area is 172 Å². The van der Waals surface area contributed by atoms with Gasteiger partial charge in [-0.15, -0.1) is 0 Å². The molecule has 0 spiro atoms. The van der Waals surface area contributed by atoms with E-state index in [9.17, 15) is 13.2 Å². The molecule has 0 saturated carbocycles. The summed E-state index contributed by atoms with van der Waals surface area (Å²) in [6.45, 7) is 5.21. The van der Waals surface area contributed by atoms with Gasteiger partial charge >= 0.3 is 0 Å². The van der Waals surface area contributed by atoms with Gasteiger partial charge in [0.15, 0.2) is 0 Å². The summed E-state index contributed by atoms with van der Waals surface area (Å²) < 4.78 is 37.7. The van der Waals surface area contributed by atoms with Gasteiger partial charge in [-0.1, -0.05) is 25.1 Å². The Balaban J connectivity index is 2.15. The predicted molar refractivity (Wildman–Crippen MR) is 112 cm³/mol. The van der Waals surface area contributed by atoms with Crippen molar-refractivity contribution in [3.05, 3.63) is 53.6 Å². The van der Waals surface area contributed by atoms with E-state index in [0.717, 1.165) is 21.2 Å². The lowest BCUT2D eigenvalue weighted by molar-refractivity contribution is -0.121. The number of ether oxygens (including phenoxy) is 2. The predicted octanol–water partition coefficient (Wildman–Crippen LogP) is 2.90. The van der Waals surface area contributed by atoms with Crippen LogP contribution in [-0.4, -0.2) is 45.9 Å². The third-order valence-corrected chi connectivity index (χ3v) is 6.54. The first-order valence-corrected chi connectivity index (χ1v) is 10.7. The van der Waals surface area contributed by atoms with Crippen LogP contribution in [0.15, 0.2) is 47.4 Å². The Bertz CT molecular complexity index is 942. The van der Waals surface area contributed by atoms with Crippen LogP contribution < -0.4 is 14.8 Å². The van der Waals surface area contributed by atoms with Gasteiger partial charge in [0.25, 0.3) is 0 Å². The first-order valence-electron chi connectivity index (χ1n) is 9.31. The number of carbonyl (C=O) groups excluding carboxylic acids is 1. The lowest BCUT2D eigenvalue weighted by Crippen LogP contribution is -2.41. The minimum absolute atomic E-state index is 0.0536. The maximum Gasteiger partial charge on any atom is 0.247 e. The maximum absolute atomic E-state index is 13.1. The van der Waals surface area contributed by atoms with Crippen LogP contribution in [-0.2, 0) is 14.8 Å². The number of sulfonamides is 1. The molecule has 0 radical (unpaired) electrons. The van der Waals surface area contributed by atoms with E-state index < -0.39 is 10.0 Å². The van der Waals surface area contributed by atoms with E-state index in [1.165, 1.54) is 7.11 Å². The smallest absolute Gasteiger partial charge is 0.247 e. The van der Waals surface area contributed by atoms with E-state index in [4.69, 9.17) is 9.47 Å². The number of aryl methyl sites for hydroxylation is 1. The molecule has 7 nitrogen and oxygen atoms in total. The van der Waals surface area contributed by atoms with Gasteiger partial charge in [0.05, 0.1) is 26.8 Å². The van der Waals surface area contributed by atoms with Crippen molar-refractivity contribution in [1.29, 1.82) is 0 Å². The molecule has 0 fully saturated rings. The summed E-state index contributed by atoms with van der Waals surface area (Å²) in [5.41, 5.74) is 1.68. The Morgan fingerprint density at radius 3 is 2.31 bits per heavy atom. The monoisotopic (exact) mass is 420 g/mol. The van der Waals surface area contributed by atoms with Crippen molar-refractivity contribution in [2.75, 3.05) is 27.3 Å². The summed E-state index contributed by atoms with van der Waals surface area (Å²) in [6, 6.07) is 12.0. The van der Waals surface area contributed by atoms with Crippen LogP contribution in [0.1, 0.15) is 31.0 Å². The zero-order chi connectivity index (χ0) is 21.6. The fourth-order valence-corrected chi connectivity index (χ4v) is 4.56. The molecule has 0 aliphatic rings. The van der Waals surface area contributed by atoms with Crippen LogP contribution in [0.5, 0.6) is 11.5 Å². The second-order valence-electron chi connectivity index (χ2n) is 6.65. The molecular formula is C21H28N2O5S. The van der Waals surface area contributed by atoms with E-state index in [2.05, 4.69) is 5.32 Å². The third-order valence-electron chi connectivity index (χ3n) is 4.60. The van der Waals surface area contributed by atoms with Gasteiger partial charge in [0, 0.05) is 6.54 Å². The molecule has 1 amide bonds. The lowest BCUT2D eigenvalue weighted by Gasteiger charge is -2.23. The third kappa shape index (κ3) is 5.48. The van der Waals surface area contributed by atoms with Crippen molar-refractivity contribution in [3.8, 4) is 11.5 Å². The number of methoxy groups -OCH3 is 2. The molecule has 2 aromatic rings. The van der Waals surface area contributed by atoms with Crippen LogP contribution in [0.4, 0.5) is 0 Å². The standard InChI is InChI=1S/C21H28N2O5S/c1-6-23(29(25,26)20-13-15(2)7-12-19(20)28-5)14-21(24)22-16(3)17-8-10-18(27-4)11-9-17/h7-13,16H,6,14H2,1-5H3,(H,22,24)/t16-/m1/s1. The van der Waals surface area contributed by atoms with E-state index in [-0.39, 0.29) is 35.7 Å². The van der Waals surface area contributed by atoms with E-state index >= 15 is 0 Å².